The Morgan fingerprint density at radius 1 is 1.00 bits per heavy atom. The number of hydrogen-bond acceptors (Lipinski definition) is 5. The van der Waals surface area contributed by atoms with E-state index in [1.165, 1.54) is 11.5 Å². The van der Waals surface area contributed by atoms with Crippen molar-refractivity contribution in [1.29, 1.82) is 0 Å². The van der Waals surface area contributed by atoms with Crippen molar-refractivity contribution < 1.29 is 14.3 Å². The van der Waals surface area contributed by atoms with Crippen LogP contribution < -0.4 is 14.8 Å². The molecule has 4 rings (SSSR count). The first-order valence-electron chi connectivity index (χ1n) is 8.27. The quantitative estimate of drug-likeness (QED) is 0.748. The van der Waals surface area contributed by atoms with Crippen LogP contribution in [-0.4, -0.2) is 24.5 Å². The van der Waals surface area contributed by atoms with Crippen LogP contribution in [0.2, 0.25) is 0 Å². The number of methoxy groups -OCH3 is 2. The third-order valence-corrected chi connectivity index (χ3v) is 5.53. The number of carbonyl (C=O) groups is 1. The molecule has 1 amide bonds. The lowest BCUT2D eigenvalue weighted by Crippen LogP contribution is -2.22. The van der Waals surface area contributed by atoms with E-state index in [4.69, 9.17) is 9.47 Å². The highest BCUT2D eigenvalue weighted by Crippen LogP contribution is 2.45. The van der Waals surface area contributed by atoms with Gasteiger partial charge in [-0.15, -0.1) is 0 Å². The standard InChI is InChI=1S/C20H18N2O3S/c1-24-14-7-3-12(4-8-14)16-11-17(23)21-19-18(22-26-20(16)19)13-5-9-15(25-2)10-6-13/h3-10,16H,11H2,1-2H3,(H,21,23)/t16-/m1/s1. The summed E-state index contributed by atoms with van der Waals surface area (Å²) in [6, 6.07) is 15.6. The predicted octanol–water partition coefficient (Wildman–Crippen LogP) is 4.30. The van der Waals surface area contributed by atoms with E-state index in [9.17, 15) is 4.79 Å². The highest BCUT2D eigenvalue weighted by Gasteiger charge is 2.31. The van der Waals surface area contributed by atoms with Gasteiger partial charge in [0.15, 0.2) is 0 Å². The van der Waals surface area contributed by atoms with Gasteiger partial charge in [0.1, 0.15) is 17.2 Å². The molecule has 0 bridgehead atoms. The smallest absolute Gasteiger partial charge is 0.225 e. The van der Waals surface area contributed by atoms with E-state index < -0.39 is 0 Å². The summed E-state index contributed by atoms with van der Waals surface area (Å²) in [5.41, 5.74) is 3.67. The Kier molecular flexibility index (Phi) is 4.34. The topological polar surface area (TPSA) is 60.5 Å². The van der Waals surface area contributed by atoms with E-state index >= 15 is 0 Å². The lowest BCUT2D eigenvalue weighted by Gasteiger charge is -2.23. The summed E-state index contributed by atoms with van der Waals surface area (Å²) in [5.74, 6) is 1.61. The van der Waals surface area contributed by atoms with Gasteiger partial charge in [-0.1, -0.05) is 12.1 Å². The number of carbonyl (C=O) groups excluding carboxylic acids is 1. The Hall–Kier alpha value is -2.86. The van der Waals surface area contributed by atoms with Gasteiger partial charge in [-0.2, -0.15) is 4.37 Å². The second-order valence-corrected chi connectivity index (χ2v) is 6.88. The van der Waals surface area contributed by atoms with Crippen LogP contribution in [0.5, 0.6) is 11.5 Å². The van der Waals surface area contributed by atoms with E-state index in [0.29, 0.717) is 6.42 Å². The zero-order valence-electron chi connectivity index (χ0n) is 14.5. The highest BCUT2D eigenvalue weighted by molar-refractivity contribution is 7.07. The van der Waals surface area contributed by atoms with Crippen LogP contribution in [0.15, 0.2) is 48.5 Å². The molecule has 3 aromatic rings. The number of benzene rings is 2. The zero-order valence-corrected chi connectivity index (χ0v) is 15.3. The molecule has 0 spiro atoms. The van der Waals surface area contributed by atoms with E-state index in [1.54, 1.807) is 14.2 Å². The molecule has 1 aromatic heterocycles. The van der Waals surface area contributed by atoms with Crippen LogP contribution in [0.25, 0.3) is 11.3 Å². The van der Waals surface area contributed by atoms with Crippen molar-refractivity contribution in [1.82, 2.24) is 4.37 Å². The first kappa shape index (κ1) is 16.6. The maximum atomic E-state index is 12.3. The molecule has 0 saturated carbocycles. The van der Waals surface area contributed by atoms with Crippen molar-refractivity contribution in [3.8, 4) is 22.8 Å². The van der Waals surface area contributed by atoms with E-state index in [2.05, 4.69) is 9.69 Å². The SMILES string of the molecule is COc1ccc(-c2nsc3c2NC(=O)C[C@@H]3c2ccc(OC)cc2)cc1. The van der Waals surface area contributed by atoms with Gasteiger partial charge in [0.2, 0.25) is 5.91 Å². The van der Waals surface area contributed by atoms with Gasteiger partial charge < -0.3 is 14.8 Å². The highest BCUT2D eigenvalue weighted by atomic mass is 32.1. The molecule has 0 fully saturated rings. The Balaban J connectivity index is 1.74. The Morgan fingerprint density at radius 3 is 2.23 bits per heavy atom. The average Bonchev–Trinajstić information content (AvgIpc) is 3.11. The first-order chi connectivity index (χ1) is 12.7. The average molecular weight is 366 g/mol. The van der Waals surface area contributed by atoms with Crippen LogP contribution in [0.1, 0.15) is 22.8 Å². The molecule has 2 heterocycles. The third kappa shape index (κ3) is 2.93. The number of anilines is 1. The third-order valence-electron chi connectivity index (χ3n) is 4.57. The number of ether oxygens (including phenoxy) is 2. The molecular formula is C20H18N2O3S. The molecule has 5 nitrogen and oxygen atoms in total. The van der Waals surface area contributed by atoms with Gasteiger partial charge in [0, 0.05) is 17.9 Å². The van der Waals surface area contributed by atoms with Crippen LogP contribution in [-0.2, 0) is 4.79 Å². The second kappa shape index (κ2) is 6.80. The van der Waals surface area contributed by atoms with Gasteiger partial charge in [0.25, 0.3) is 0 Å². The van der Waals surface area contributed by atoms with Gasteiger partial charge in [-0.05, 0) is 53.5 Å². The van der Waals surface area contributed by atoms with Gasteiger partial charge in [-0.3, -0.25) is 4.79 Å². The van der Waals surface area contributed by atoms with Crippen molar-refractivity contribution in [2.45, 2.75) is 12.3 Å². The maximum Gasteiger partial charge on any atom is 0.225 e. The van der Waals surface area contributed by atoms with Crippen molar-refractivity contribution in [3.63, 3.8) is 0 Å². The summed E-state index contributed by atoms with van der Waals surface area (Å²) < 4.78 is 15.1. The van der Waals surface area contributed by atoms with E-state index in [1.807, 2.05) is 48.5 Å². The molecule has 2 aromatic carbocycles. The van der Waals surface area contributed by atoms with Crippen LogP contribution >= 0.6 is 11.5 Å². The molecule has 0 radical (unpaired) electrons. The molecule has 1 aliphatic rings. The number of aromatic nitrogens is 1. The molecule has 132 valence electrons. The lowest BCUT2D eigenvalue weighted by atomic mass is 9.89. The van der Waals surface area contributed by atoms with Crippen molar-refractivity contribution >= 4 is 23.1 Å². The van der Waals surface area contributed by atoms with Gasteiger partial charge in [-0.25, -0.2) is 0 Å². The molecule has 1 aliphatic heterocycles. The molecule has 1 atom stereocenters. The predicted molar refractivity (Wildman–Crippen MR) is 102 cm³/mol. The Labute approximate surface area is 155 Å². The van der Waals surface area contributed by atoms with E-state index in [-0.39, 0.29) is 11.8 Å². The molecular weight excluding hydrogens is 348 g/mol. The number of nitrogens with one attached hydrogen (secondary N) is 1. The number of nitrogens with zero attached hydrogens (tertiary/aromatic N) is 1. The van der Waals surface area contributed by atoms with Gasteiger partial charge in [0.05, 0.1) is 24.8 Å². The van der Waals surface area contributed by atoms with Crippen molar-refractivity contribution in [2.24, 2.45) is 0 Å². The van der Waals surface area contributed by atoms with Crippen LogP contribution in [0, 0.1) is 0 Å². The summed E-state index contributed by atoms with van der Waals surface area (Å²) in [7, 11) is 3.28. The minimum Gasteiger partial charge on any atom is -0.497 e. The van der Waals surface area contributed by atoms with Gasteiger partial charge >= 0.3 is 0 Å². The Morgan fingerprint density at radius 2 is 1.62 bits per heavy atom. The monoisotopic (exact) mass is 366 g/mol. The first-order valence-corrected chi connectivity index (χ1v) is 9.04. The minimum absolute atomic E-state index is 0.00767. The summed E-state index contributed by atoms with van der Waals surface area (Å²) in [6.07, 6.45) is 0.420. The fourth-order valence-electron chi connectivity index (χ4n) is 3.18. The molecule has 0 saturated heterocycles. The van der Waals surface area contributed by atoms with Crippen molar-refractivity contribution in [3.05, 3.63) is 59.0 Å². The molecule has 0 unspecified atom stereocenters. The minimum atomic E-state index is 0.00767. The zero-order chi connectivity index (χ0) is 18.1. The van der Waals surface area contributed by atoms with Crippen LogP contribution in [0.4, 0.5) is 5.69 Å². The van der Waals surface area contributed by atoms with Crippen molar-refractivity contribution in [2.75, 3.05) is 19.5 Å². The Bertz CT molecular complexity index is 933. The lowest BCUT2D eigenvalue weighted by molar-refractivity contribution is -0.116. The van der Waals surface area contributed by atoms with Crippen LogP contribution in [0.3, 0.4) is 0 Å². The summed E-state index contributed by atoms with van der Waals surface area (Å²) in [6.45, 7) is 0. The van der Waals surface area contributed by atoms with E-state index in [0.717, 1.165) is 38.9 Å². The summed E-state index contributed by atoms with van der Waals surface area (Å²) in [4.78, 5) is 13.4. The summed E-state index contributed by atoms with van der Waals surface area (Å²) in [5, 5.41) is 3.01. The second-order valence-electron chi connectivity index (χ2n) is 6.08. The molecule has 26 heavy (non-hydrogen) atoms. The molecule has 6 heteroatoms. The number of fused-ring (bicyclic) bond motifs is 1. The fourth-order valence-corrected chi connectivity index (χ4v) is 4.15. The largest absolute Gasteiger partial charge is 0.497 e. The molecule has 0 aliphatic carbocycles. The fraction of sp³-hybridized carbons (Fsp3) is 0.200. The number of amides is 1. The number of rotatable bonds is 4. The normalized spacial score (nSPS) is 15.9. The number of hydrogen-bond donors (Lipinski definition) is 1. The molecule has 1 N–H and O–H groups in total. The summed E-state index contributed by atoms with van der Waals surface area (Å²) >= 11 is 1.44. The maximum absolute atomic E-state index is 12.3.